The van der Waals surface area contributed by atoms with Crippen LogP contribution in [-0.4, -0.2) is 11.1 Å². The van der Waals surface area contributed by atoms with E-state index in [4.69, 9.17) is 9.52 Å². The quantitative estimate of drug-likeness (QED) is 0.748. The molecular weight excluding hydrogens is 316 g/mol. The van der Waals surface area contributed by atoms with E-state index in [1.807, 2.05) is 24.3 Å². The first-order chi connectivity index (χ1) is 8.65. The monoisotopic (exact) mass is 322 g/mol. The van der Waals surface area contributed by atoms with E-state index in [9.17, 15) is 4.79 Å². The lowest BCUT2D eigenvalue weighted by atomic mass is 10.1. The van der Waals surface area contributed by atoms with Crippen LogP contribution in [0.25, 0.3) is 22.3 Å². The SMILES string of the molecule is O=C(O)c1cscc1-c1cc2cc(Br)ccc2o1. The topological polar surface area (TPSA) is 50.4 Å². The predicted molar refractivity (Wildman–Crippen MR) is 74.2 cm³/mol. The highest BCUT2D eigenvalue weighted by Crippen LogP contribution is 2.33. The lowest BCUT2D eigenvalue weighted by Gasteiger charge is -1.94. The van der Waals surface area contributed by atoms with Crippen LogP contribution in [-0.2, 0) is 0 Å². The third-order valence-corrected chi connectivity index (χ3v) is 3.87. The summed E-state index contributed by atoms with van der Waals surface area (Å²) in [5, 5.41) is 13.4. The zero-order chi connectivity index (χ0) is 12.7. The molecule has 5 heteroatoms. The molecule has 2 heterocycles. The number of furan rings is 1. The minimum absolute atomic E-state index is 0.276. The largest absolute Gasteiger partial charge is 0.478 e. The molecule has 3 aromatic rings. The maximum atomic E-state index is 11.1. The van der Waals surface area contributed by atoms with Gasteiger partial charge in [-0.15, -0.1) is 0 Å². The standard InChI is InChI=1S/C13H7BrO3S/c14-8-1-2-11-7(3-8)4-12(17-11)9-5-18-6-10(9)13(15)16/h1-6H,(H,15,16). The Kier molecular flexibility index (Phi) is 2.72. The van der Waals surface area contributed by atoms with Gasteiger partial charge in [0.05, 0.1) is 5.56 Å². The van der Waals surface area contributed by atoms with Crippen molar-refractivity contribution in [2.75, 3.05) is 0 Å². The second kappa shape index (κ2) is 4.26. The Labute approximate surface area is 115 Å². The summed E-state index contributed by atoms with van der Waals surface area (Å²) >= 11 is 4.75. The molecule has 0 bridgehead atoms. The number of carboxylic acids is 1. The maximum absolute atomic E-state index is 11.1. The first-order valence-electron chi connectivity index (χ1n) is 5.14. The summed E-state index contributed by atoms with van der Waals surface area (Å²) in [6.45, 7) is 0. The fraction of sp³-hybridized carbons (Fsp3) is 0. The normalized spacial score (nSPS) is 10.9. The van der Waals surface area contributed by atoms with Crippen LogP contribution < -0.4 is 0 Å². The van der Waals surface area contributed by atoms with Gasteiger partial charge in [0.1, 0.15) is 11.3 Å². The Morgan fingerprint density at radius 3 is 2.89 bits per heavy atom. The van der Waals surface area contributed by atoms with Gasteiger partial charge in [0, 0.05) is 26.2 Å². The summed E-state index contributed by atoms with van der Waals surface area (Å²) < 4.78 is 6.64. The van der Waals surface area contributed by atoms with E-state index in [-0.39, 0.29) is 5.56 Å². The second-order valence-corrected chi connectivity index (χ2v) is 5.46. The highest BCUT2D eigenvalue weighted by molar-refractivity contribution is 9.10. The fourth-order valence-corrected chi connectivity index (χ4v) is 2.99. The van der Waals surface area contributed by atoms with Crippen molar-refractivity contribution in [3.05, 3.63) is 45.1 Å². The molecule has 1 aromatic carbocycles. The number of carbonyl (C=O) groups is 1. The average molecular weight is 323 g/mol. The molecule has 0 aliphatic carbocycles. The number of aromatic carboxylic acids is 1. The van der Waals surface area contributed by atoms with Crippen LogP contribution >= 0.6 is 27.3 Å². The van der Waals surface area contributed by atoms with E-state index >= 15 is 0 Å². The first-order valence-corrected chi connectivity index (χ1v) is 6.87. The summed E-state index contributed by atoms with van der Waals surface area (Å²) in [4.78, 5) is 11.1. The number of rotatable bonds is 2. The van der Waals surface area contributed by atoms with E-state index in [1.165, 1.54) is 11.3 Å². The van der Waals surface area contributed by atoms with Crippen LogP contribution in [0.2, 0.25) is 0 Å². The van der Waals surface area contributed by atoms with Crippen molar-refractivity contribution < 1.29 is 14.3 Å². The van der Waals surface area contributed by atoms with Gasteiger partial charge in [-0.25, -0.2) is 4.79 Å². The summed E-state index contributed by atoms with van der Waals surface area (Å²) in [6.07, 6.45) is 0. The van der Waals surface area contributed by atoms with Gasteiger partial charge in [-0.2, -0.15) is 11.3 Å². The average Bonchev–Trinajstić information content (AvgIpc) is 2.93. The van der Waals surface area contributed by atoms with Crippen LogP contribution in [0, 0.1) is 0 Å². The van der Waals surface area contributed by atoms with Crippen molar-refractivity contribution in [2.45, 2.75) is 0 Å². The van der Waals surface area contributed by atoms with E-state index in [0.29, 0.717) is 11.3 Å². The molecule has 90 valence electrons. The lowest BCUT2D eigenvalue weighted by Crippen LogP contribution is -1.94. The van der Waals surface area contributed by atoms with Gasteiger partial charge in [-0.05, 0) is 24.3 Å². The van der Waals surface area contributed by atoms with Gasteiger partial charge in [0.25, 0.3) is 0 Å². The van der Waals surface area contributed by atoms with Crippen molar-refractivity contribution in [3.63, 3.8) is 0 Å². The van der Waals surface area contributed by atoms with Gasteiger partial charge < -0.3 is 9.52 Å². The van der Waals surface area contributed by atoms with Crippen LogP contribution in [0.15, 0.2) is 43.9 Å². The zero-order valence-corrected chi connectivity index (χ0v) is 11.4. The molecule has 2 aromatic heterocycles. The number of hydrogen-bond acceptors (Lipinski definition) is 3. The minimum atomic E-state index is -0.937. The molecule has 0 unspecified atom stereocenters. The van der Waals surface area contributed by atoms with Gasteiger partial charge in [-0.3, -0.25) is 0 Å². The Morgan fingerprint density at radius 2 is 2.11 bits per heavy atom. The van der Waals surface area contributed by atoms with Crippen molar-refractivity contribution in [3.8, 4) is 11.3 Å². The van der Waals surface area contributed by atoms with Gasteiger partial charge in [0.2, 0.25) is 0 Å². The molecule has 1 N–H and O–H groups in total. The molecule has 0 aliphatic rings. The second-order valence-electron chi connectivity index (χ2n) is 3.80. The van der Waals surface area contributed by atoms with Crippen LogP contribution in [0.4, 0.5) is 0 Å². The van der Waals surface area contributed by atoms with E-state index in [0.717, 1.165) is 15.4 Å². The summed E-state index contributed by atoms with van der Waals surface area (Å²) in [6, 6.07) is 7.54. The first kappa shape index (κ1) is 11.5. The molecule has 0 fully saturated rings. The number of thiophene rings is 1. The van der Waals surface area contributed by atoms with Gasteiger partial charge >= 0.3 is 5.97 Å². The molecule has 0 radical (unpaired) electrons. The molecule has 0 spiro atoms. The zero-order valence-electron chi connectivity index (χ0n) is 9.01. The third-order valence-electron chi connectivity index (χ3n) is 2.64. The highest BCUT2D eigenvalue weighted by atomic mass is 79.9. The number of hydrogen-bond donors (Lipinski definition) is 1. The highest BCUT2D eigenvalue weighted by Gasteiger charge is 2.16. The maximum Gasteiger partial charge on any atom is 0.337 e. The van der Waals surface area contributed by atoms with Crippen molar-refractivity contribution in [1.29, 1.82) is 0 Å². The molecule has 0 saturated heterocycles. The molecule has 3 rings (SSSR count). The van der Waals surface area contributed by atoms with E-state index in [1.54, 1.807) is 10.8 Å². The molecule has 18 heavy (non-hydrogen) atoms. The fourth-order valence-electron chi connectivity index (χ4n) is 1.80. The van der Waals surface area contributed by atoms with Crippen molar-refractivity contribution in [1.82, 2.24) is 0 Å². The molecule has 0 atom stereocenters. The van der Waals surface area contributed by atoms with Gasteiger partial charge in [0.15, 0.2) is 0 Å². The summed E-state index contributed by atoms with van der Waals surface area (Å²) in [5.74, 6) is -0.352. The number of fused-ring (bicyclic) bond motifs is 1. The predicted octanol–water partition coefficient (Wildman–Crippen LogP) is 4.62. The summed E-state index contributed by atoms with van der Waals surface area (Å²) in [7, 11) is 0. The van der Waals surface area contributed by atoms with E-state index in [2.05, 4.69) is 15.9 Å². The molecule has 0 saturated carbocycles. The third kappa shape index (κ3) is 1.85. The Hall–Kier alpha value is -1.59. The van der Waals surface area contributed by atoms with Crippen LogP contribution in [0.3, 0.4) is 0 Å². The van der Waals surface area contributed by atoms with E-state index < -0.39 is 5.97 Å². The Balaban J connectivity index is 2.19. The molecule has 0 aliphatic heterocycles. The van der Waals surface area contributed by atoms with Crippen LogP contribution in [0.1, 0.15) is 10.4 Å². The van der Waals surface area contributed by atoms with Crippen molar-refractivity contribution >= 4 is 44.2 Å². The Morgan fingerprint density at radius 1 is 1.28 bits per heavy atom. The number of halogens is 1. The van der Waals surface area contributed by atoms with Crippen molar-refractivity contribution in [2.24, 2.45) is 0 Å². The minimum Gasteiger partial charge on any atom is -0.478 e. The van der Waals surface area contributed by atoms with Gasteiger partial charge in [-0.1, -0.05) is 15.9 Å². The molecule has 0 amide bonds. The number of carboxylic acid groups (broad SMARTS) is 1. The number of benzene rings is 1. The Bertz CT molecular complexity index is 742. The molecule has 3 nitrogen and oxygen atoms in total. The van der Waals surface area contributed by atoms with Crippen LogP contribution in [0.5, 0.6) is 0 Å². The molecular formula is C13H7BrO3S. The summed E-state index contributed by atoms with van der Waals surface area (Å²) in [5.41, 5.74) is 1.65. The lowest BCUT2D eigenvalue weighted by molar-refractivity contribution is 0.0698. The smallest absolute Gasteiger partial charge is 0.337 e.